The molecule has 1 N–H and O–H groups in total. The van der Waals surface area contributed by atoms with Gasteiger partial charge in [0.05, 0.1) is 12.2 Å². The number of nitrogens with one attached hydrogen (secondary N) is 1. The Bertz CT molecular complexity index is 990. The Kier molecular flexibility index (Phi) is 7.79. The Labute approximate surface area is 186 Å². The van der Waals surface area contributed by atoms with Crippen LogP contribution in [-0.2, 0) is 22.4 Å². The molecular formula is C23H26N4O3S. The topological polar surface area (TPSA) is 95.3 Å². The second-order valence-corrected chi connectivity index (χ2v) is 8.39. The van der Waals surface area contributed by atoms with Crippen LogP contribution in [0.3, 0.4) is 0 Å². The molecule has 0 aliphatic heterocycles. The summed E-state index contributed by atoms with van der Waals surface area (Å²) in [5.41, 5.74) is 2.37. The highest BCUT2D eigenvalue weighted by atomic mass is 32.1. The number of nitriles is 1. The van der Waals surface area contributed by atoms with E-state index in [1.807, 2.05) is 19.9 Å². The van der Waals surface area contributed by atoms with Crippen molar-refractivity contribution in [2.45, 2.75) is 33.1 Å². The maximum atomic E-state index is 12.3. The predicted octanol–water partition coefficient (Wildman–Crippen LogP) is 4.25. The van der Waals surface area contributed by atoms with Crippen molar-refractivity contribution in [3.63, 3.8) is 0 Å². The van der Waals surface area contributed by atoms with Gasteiger partial charge in [-0.3, -0.25) is 9.78 Å². The van der Waals surface area contributed by atoms with Crippen molar-refractivity contribution in [1.29, 1.82) is 5.26 Å². The lowest BCUT2D eigenvalue weighted by Crippen LogP contribution is -2.33. The van der Waals surface area contributed by atoms with Gasteiger partial charge in [0, 0.05) is 36.4 Å². The van der Waals surface area contributed by atoms with Gasteiger partial charge in [-0.1, -0.05) is 6.07 Å². The first kappa shape index (κ1) is 22.5. The maximum absolute atomic E-state index is 12.3. The Hall–Kier alpha value is -3.18. The van der Waals surface area contributed by atoms with Crippen LogP contribution in [0.1, 0.15) is 41.8 Å². The van der Waals surface area contributed by atoms with Crippen molar-refractivity contribution >= 4 is 34.4 Å². The van der Waals surface area contributed by atoms with Gasteiger partial charge in [-0.05, 0) is 62.3 Å². The number of carbonyl (C=O) groups is 2. The molecule has 2 aromatic heterocycles. The molecule has 7 nitrogen and oxygen atoms in total. The molecule has 0 radical (unpaired) electrons. The van der Waals surface area contributed by atoms with E-state index in [0.29, 0.717) is 30.3 Å². The van der Waals surface area contributed by atoms with E-state index in [0.717, 1.165) is 35.3 Å². The minimum Gasteiger partial charge on any atom is -0.449 e. The molecule has 162 valence electrons. The van der Waals surface area contributed by atoms with Gasteiger partial charge in [0.2, 0.25) is 5.91 Å². The van der Waals surface area contributed by atoms with Gasteiger partial charge in [0.15, 0.2) is 0 Å². The third-order valence-electron chi connectivity index (χ3n) is 5.29. The standard InChI is InChI=1S/C23H26N4O3S/c1-3-27(4-2)23(29)30-15-17-7-9-18-19(13-24)22(31-20(18)12-17)26-21(28)10-8-16-6-5-11-25-14-16/h5-6,8,10-11,14,17H,3-4,7,9,12,15H2,1-2H3,(H,26,28)/b10-8+. The van der Waals surface area contributed by atoms with E-state index in [-0.39, 0.29) is 17.9 Å². The molecule has 0 bridgehead atoms. The number of hydrogen-bond acceptors (Lipinski definition) is 6. The van der Waals surface area contributed by atoms with Gasteiger partial charge in [-0.25, -0.2) is 4.79 Å². The Morgan fingerprint density at radius 3 is 2.90 bits per heavy atom. The van der Waals surface area contributed by atoms with Gasteiger partial charge in [0.25, 0.3) is 0 Å². The highest BCUT2D eigenvalue weighted by Crippen LogP contribution is 2.39. The van der Waals surface area contributed by atoms with E-state index in [2.05, 4.69) is 16.4 Å². The monoisotopic (exact) mass is 438 g/mol. The van der Waals surface area contributed by atoms with Gasteiger partial charge in [-0.2, -0.15) is 5.26 Å². The molecule has 1 unspecified atom stereocenters. The van der Waals surface area contributed by atoms with Crippen LogP contribution in [0.2, 0.25) is 0 Å². The van der Waals surface area contributed by atoms with Crippen LogP contribution in [0.4, 0.5) is 9.80 Å². The quantitative estimate of drug-likeness (QED) is 0.652. The van der Waals surface area contributed by atoms with Crippen molar-refractivity contribution in [2.24, 2.45) is 5.92 Å². The summed E-state index contributed by atoms with van der Waals surface area (Å²) in [4.78, 5) is 31.2. The average Bonchev–Trinajstić information content (AvgIpc) is 3.13. The summed E-state index contributed by atoms with van der Waals surface area (Å²) in [6.07, 6.45) is 8.50. The molecule has 3 rings (SSSR count). The van der Waals surface area contributed by atoms with E-state index < -0.39 is 0 Å². The van der Waals surface area contributed by atoms with Gasteiger partial charge >= 0.3 is 6.09 Å². The van der Waals surface area contributed by atoms with Gasteiger partial charge < -0.3 is 15.0 Å². The largest absolute Gasteiger partial charge is 0.449 e. The number of nitrogens with zero attached hydrogens (tertiary/aromatic N) is 3. The molecule has 2 heterocycles. The second kappa shape index (κ2) is 10.7. The molecular weight excluding hydrogens is 412 g/mol. The van der Waals surface area contributed by atoms with E-state index in [4.69, 9.17) is 4.74 Å². The second-order valence-electron chi connectivity index (χ2n) is 7.29. The molecule has 0 aromatic carbocycles. The Balaban J connectivity index is 1.63. The third-order valence-corrected chi connectivity index (χ3v) is 6.46. The molecule has 8 heteroatoms. The van der Waals surface area contributed by atoms with Crippen LogP contribution < -0.4 is 5.32 Å². The van der Waals surface area contributed by atoms with Crippen molar-refractivity contribution in [3.8, 4) is 6.07 Å². The number of anilines is 1. The van der Waals surface area contributed by atoms with E-state index >= 15 is 0 Å². The number of hydrogen-bond donors (Lipinski definition) is 1. The zero-order chi connectivity index (χ0) is 22.2. The van der Waals surface area contributed by atoms with Crippen molar-refractivity contribution in [2.75, 3.05) is 25.0 Å². The lowest BCUT2D eigenvalue weighted by Gasteiger charge is -2.24. The zero-order valence-electron chi connectivity index (χ0n) is 17.8. The number of fused-ring (bicyclic) bond motifs is 1. The molecule has 2 amide bonds. The fourth-order valence-electron chi connectivity index (χ4n) is 3.57. The number of amides is 2. The minimum atomic E-state index is -0.288. The highest BCUT2D eigenvalue weighted by Gasteiger charge is 2.27. The van der Waals surface area contributed by atoms with Crippen LogP contribution in [0, 0.1) is 17.2 Å². The van der Waals surface area contributed by atoms with Crippen molar-refractivity contribution in [1.82, 2.24) is 9.88 Å². The Morgan fingerprint density at radius 2 is 2.23 bits per heavy atom. The summed E-state index contributed by atoms with van der Waals surface area (Å²) in [5, 5.41) is 13.1. The summed E-state index contributed by atoms with van der Waals surface area (Å²) in [5.74, 6) is -0.0742. The summed E-state index contributed by atoms with van der Waals surface area (Å²) >= 11 is 1.44. The molecule has 1 aliphatic rings. The molecule has 31 heavy (non-hydrogen) atoms. The Morgan fingerprint density at radius 1 is 1.42 bits per heavy atom. The van der Waals surface area contributed by atoms with Crippen LogP contribution in [0.15, 0.2) is 30.6 Å². The van der Waals surface area contributed by atoms with Crippen molar-refractivity contribution < 1.29 is 14.3 Å². The third kappa shape index (κ3) is 5.70. The summed E-state index contributed by atoms with van der Waals surface area (Å²) in [6.45, 7) is 5.46. The molecule has 1 atom stereocenters. The van der Waals surface area contributed by atoms with Crippen LogP contribution in [0.5, 0.6) is 0 Å². The highest BCUT2D eigenvalue weighted by molar-refractivity contribution is 7.16. The number of rotatable bonds is 7. The SMILES string of the molecule is CCN(CC)C(=O)OCC1CCc2c(sc(NC(=O)/C=C/c3cccnc3)c2C#N)C1. The van der Waals surface area contributed by atoms with E-state index in [9.17, 15) is 14.9 Å². The number of ether oxygens (including phenoxy) is 1. The molecule has 0 saturated heterocycles. The maximum Gasteiger partial charge on any atom is 0.409 e. The molecule has 0 fully saturated rings. The van der Waals surface area contributed by atoms with E-state index in [1.165, 1.54) is 17.4 Å². The zero-order valence-corrected chi connectivity index (χ0v) is 18.6. The van der Waals surface area contributed by atoms with E-state index in [1.54, 1.807) is 29.4 Å². The first-order valence-corrected chi connectivity index (χ1v) is 11.2. The summed E-state index contributed by atoms with van der Waals surface area (Å²) < 4.78 is 5.49. The first-order chi connectivity index (χ1) is 15.0. The predicted molar refractivity (Wildman–Crippen MR) is 121 cm³/mol. The first-order valence-electron chi connectivity index (χ1n) is 10.4. The minimum absolute atomic E-state index is 0.214. The molecule has 0 spiro atoms. The number of aromatic nitrogens is 1. The molecule has 2 aromatic rings. The smallest absolute Gasteiger partial charge is 0.409 e. The molecule has 1 aliphatic carbocycles. The number of carbonyl (C=O) groups excluding carboxylic acids is 2. The molecule has 0 saturated carbocycles. The normalized spacial score (nSPS) is 15.2. The number of thiophene rings is 1. The van der Waals surface area contributed by atoms with Crippen LogP contribution >= 0.6 is 11.3 Å². The van der Waals surface area contributed by atoms with Crippen LogP contribution in [0.25, 0.3) is 6.08 Å². The van der Waals surface area contributed by atoms with Gasteiger partial charge in [-0.15, -0.1) is 11.3 Å². The fourth-order valence-corrected chi connectivity index (χ4v) is 4.88. The lowest BCUT2D eigenvalue weighted by molar-refractivity contribution is -0.111. The summed E-state index contributed by atoms with van der Waals surface area (Å²) in [6, 6.07) is 5.90. The van der Waals surface area contributed by atoms with Crippen LogP contribution in [-0.4, -0.2) is 41.6 Å². The average molecular weight is 439 g/mol. The van der Waals surface area contributed by atoms with Crippen molar-refractivity contribution in [3.05, 3.63) is 52.2 Å². The lowest BCUT2D eigenvalue weighted by atomic mass is 9.88. The van der Waals surface area contributed by atoms with Gasteiger partial charge in [0.1, 0.15) is 11.1 Å². The number of pyridine rings is 1. The fraction of sp³-hybridized carbons (Fsp3) is 0.391. The summed E-state index contributed by atoms with van der Waals surface area (Å²) in [7, 11) is 0.